The standard InChI is InChI=1S/C26H32BrNO3/c1-29-22-11-12-23-20(17-22)5-4-6-24(27)25(23)18-7-9-21(10-8-18)28-15-13-19(14-16-28)26(30-2)31-3/h7-12,17,19,26H,4-6,13-16H2,1-3H3. The van der Waals surface area contributed by atoms with Gasteiger partial charge in [0.25, 0.3) is 0 Å². The van der Waals surface area contributed by atoms with E-state index in [1.807, 2.05) is 0 Å². The van der Waals surface area contributed by atoms with Crippen LogP contribution in [0.5, 0.6) is 5.75 Å². The number of rotatable bonds is 6. The highest BCUT2D eigenvalue weighted by Gasteiger charge is 2.27. The molecule has 1 heterocycles. The molecule has 0 unspecified atom stereocenters. The van der Waals surface area contributed by atoms with Crippen LogP contribution in [0, 0.1) is 5.92 Å². The van der Waals surface area contributed by atoms with Crippen LogP contribution in [-0.2, 0) is 15.9 Å². The predicted molar refractivity (Wildman–Crippen MR) is 130 cm³/mol. The lowest BCUT2D eigenvalue weighted by Gasteiger charge is -2.36. The Morgan fingerprint density at radius 1 is 0.935 bits per heavy atom. The number of nitrogens with zero attached hydrogens (tertiary/aromatic N) is 1. The third kappa shape index (κ3) is 4.84. The van der Waals surface area contributed by atoms with E-state index in [4.69, 9.17) is 14.2 Å². The molecule has 5 heteroatoms. The van der Waals surface area contributed by atoms with Gasteiger partial charge < -0.3 is 19.1 Å². The summed E-state index contributed by atoms with van der Waals surface area (Å²) >= 11 is 3.89. The molecule has 0 atom stereocenters. The predicted octanol–water partition coefficient (Wildman–Crippen LogP) is 6.02. The van der Waals surface area contributed by atoms with E-state index in [0.717, 1.165) is 50.9 Å². The van der Waals surface area contributed by atoms with E-state index in [1.54, 1.807) is 21.3 Å². The van der Waals surface area contributed by atoms with Gasteiger partial charge in [-0.2, -0.15) is 0 Å². The molecular weight excluding hydrogens is 454 g/mol. The molecule has 4 nitrogen and oxygen atoms in total. The lowest BCUT2D eigenvalue weighted by molar-refractivity contribution is -0.141. The number of fused-ring (bicyclic) bond motifs is 1. The third-order valence-electron chi connectivity index (χ3n) is 6.61. The zero-order valence-corrected chi connectivity index (χ0v) is 20.3. The fraction of sp³-hybridized carbons (Fsp3) is 0.462. The molecule has 0 spiro atoms. The SMILES string of the molecule is COc1ccc2c(c1)CCCC(Br)=C2c1ccc(N2CCC(C(OC)OC)CC2)cc1. The molecule has 2 aromatic rings. The molecule has 31 heavy (non-hydrogen) atoms. The first-order valence-corrected chi connectivity index (χ1v) is 11.9. The van der Waals surface area contributed by atoms with Gasteiger partial charge in [0.1, 0.15) is 5.75 Å². The topological polar surface area (TPSA) is 30.9 Å². The number of ether oxygens (including phenoxy) is 3. The van der Waals surface area contributed by atoms with Crippen LogP contribution in [0.15, 0.2) is 46.9 Å². The summed E-state index contributed by atoms with van der Waals surface area (Å²) in [6.45, 7) is 2.06. The second kappa shape index (κ2) is 10.2. The Morgan fingerprint density at radius 2 is 1.65 bits per heavy atom. The largest absolute Gasteiger partial charge is 0.497 e. The van der Waals surface area contributed by atoms with Crippen molar-refractivity contribution in [3.05, 3.63) is 63.6 Å². The van der Waals surface area contributed by atoms with Crippen molar-refractivity contribution >= 4 is 27.2 Å². The zero-order valence-electron chi connectivity index (χ0n) is 18.7. The molecule has 0 aromatic heterocycles. The van der Waals surface area contributed by atoms with E-state index in [-0.39, 0.29) is 6.29 Å². The van der Waals surface area contributed by atoms with E-state index >= 15 is 0 Å². The molecule has 1 saturated heterocycles. The summed E-state index contributed by atoms with van der Waals surface area (Å²) in [5.74, 6) is 1.39. The number of methoxy groups -OCH3 is 3. The average Bonchev–Trinajstić information content (AvgIpc) is 2.98. The zero-order chi connectivity index (χ0) is 21.8. The first kappa shape index (κ1) is 22.4. The Labute approximate surface area is 194 Å². The molecule has 1 aliphatic heterocycles. The average molecular weight is 486 g/mol. The Balaban J connectivity index is 1.54. The highest BCUT2D eigenvalue weighted by atomic mass is 79.9. The maximum Gasteiger partial charge on any atom is 0.159 e. The van der Waals surface area contributed by atoms with E-state index in [2.05, 4.69) is 63.3 Å². The van der Waals surface area contributed by atoms with Crippen LogP contribution in [0.4, 0.5) is 5.69 Å². The molecule has 0 saturated carbocycles. The van der Waals surface area contributed by atoms with Crippen molar-refractivity contribution in [2.24, 2.45) is 5.92 Å². The van der Waals surface area contributed by atoms with E-state index in [0.29, 0.717) is 5.92 Å². The lowest BCUT2D eigenvalue weighted by Crippen LogP contribution is -2.39. The number of aryl methyl sites for hydroxylation is 1. The number of anilines is 1. The highest BCUT2D eigenvalue weighted by Crippen LogP contribution is 2.39. The summed E-state index contributed by atoms with van der Waals surface area (Å²) < 4.78 is 17.7. The second-order valence-corrected chi connectivity index (χ2v) is 9.32. The number of hydrogen-bond acceptors (Lipinski definition) is 4. The molecule has 166 valence electrons. The van der Waals surface area contributed by atoms with Gasteiger partial charge in [0.15, 0.2) is 6.29 Å². The molecule has 0 amide bonds. The van der Waals surface area contributed by atoms with Crippen LogP contribution in [0.2, 0.25) is 0 Å². The summed E-state index contributed by atoms with van der Waals surface area (Å²) in [4.78, 5) is 2.47. The molecule has 2 aromatic carbocycles. The Hall–Kier alpha value is -1.82. The van der Waals surface area contributed by atoms with Gasteiger partial charge in [-0.1, -0.05) is 34.1 Å². The Kier molecular flexibility index (Phi) is 7.36. The van der Waals surface area contributed by atoms with Crippen molar-refractivity contribution in [2.45, 2.75) is 38.4 Å². The lowest BCUT2D eigenvalue weighted by atomic mass is 9.93. The smallest absolute Gasteiger partial charge is 0.159 e. The molecule has 1 aliphatic carbocycles. The normalized spacial score (nSPS) is 17.6. The molecular formula is C26H32BrNO3. The van der Waals surface area contributed by atoms with Gasteiger partial charge in [-0.05, 0) is 78.6 Å². The van der Waals surface area contributed by atoms with Gasteiger partial charge in [-0.25, -0.2) is 0 Å². The van der Waals surface area contributed by atoms with Crippen molar-refractivity contribution in [3.63, 3.8) is 0 Å². The van der Waals surface area contributed by atoms with Crippen LogP contribution in [-0.4, -0.2) is 40.7 Å². The van der Waals surface area contributed by atoms with Crippen molar-refractivity contribution in [1.82, 2.24) is 0 Å². The van der Waals surface area contributed by atoms with Crippen molar-refractivity contribution in [2.75, 3.05) is 39.3 Å². The fourth-order valence-corrected chi connectivity index (χ4v) is 5.64. The molecule has 0 radical (unpaired) electrons. The quantitative estimate of drug-likeness (QED) is 0.468. The number of hydrogen-bond donors (Lipinski definition) is 0. The first-order chi connectivity index (χ1) is 15.1. The minimum atomic E-state index is -0.0947. The highest BCUT2D eigenvalue weighted by molar-refractivity contribution is 9.11. The number of benzene rings is 2. The number of piperidine rings is 1. The maximum atomic E-state index is 5.47. The Bertz CT molecular complexity index is 913. The Morgan fingerprint density at radius 3 is 2.29 bits per heavy atom. The minimum absolute atomic E-state index is 0.0947. The van der Waals surface area contributed by atoms with Gasteiger partial charge in [0.2, 0.25) is 0 Å². The van der Waals surface area contributed by atoms with Crippen LogP contribution >= 0.6 is 15.9 Å². The van der Waals surface area contributed by atoms with Crippen LogP contribution in [0.1, 0.15) is 42.4 Å². The van der Waals surface area contributed by atoms with Gasteiger partial charge in [-0.15, -0.1) is 0 Å². The molecule has 1 fully saturated rings. The second-order valence-electron chi connectivity index (χ2n) is 8.37. The van der Waals surface area contributed by atoms with E-state index in [9.17, 15) is 0 Å². The summed E-state index contributed by atoms with van der Waals surface area (Å²) in [6.07, 6.45) is 5.34. The fourth-order valence-electron chi connectivity index (χ4n) is 4.91. The first-order valence-electron chi connectivity index (χ1n) is 11.1. The van der Waals surface area contributed by atoms with Crippen molar-refractivity contribution in [3.8, 4) is 5.75 Å². The van der Waals surface area contributed by atoms with Crippen molar-refractivity contribution in [1.29, 1.82) is 0 Å². The minimum Gasteiger partial charge on any atom is -0.497 e. The summed E-state index contributed by atoms with van der Waals surface area (Å²) in [6, 6.07) is 15.5. The monoisotopic (exact) mass is 485 g/mol. The van der Waals surface area contributed by atoms with Crippen molar-refractivity contribution < 1.29 is 14.2 Å². The van der Waals surface area contributed by atoms with E-state index in [1.165, 1.54) is 32.4 Å². The van der Waals surface area contributed by atoms with Gasteiger partial charge in [0.05, 0.1) is 7.11 Å². The molecule has 2 aliphatic rings. The molecule has 4 rings (SSSR count). The maximum absolute atomic E-state index is 5.47. The van der Waals surface area contributed by atoms with Crippen LogP contribution in [0.25, 0.3) is 5.57 Å². The van der Waals surface area contributed by atoms with Gasteiger partial charge >= 0.3 is 0 Å². The molecule has 0 bridgehead atoms. The molecule has 0 N–H and O–H groups in total. The van der Waals surface area contributed by atoms with E-state index < -0.39 is 0 Å². The van der Waals surface area contributed by atoms with Crippen LogP contribution in [0.3, 0.4) is 0 Å². The van der Waals surface area contributed by atoms with Gasteiger partial charge in [0, 0.05) is 43.4 Å². The third-order valence-corrected chi connectivity index (χ3v) is 7.40. The summed E-state index contributed by atoms with van der Waals surface area (Å²) in [5.41, 5.74) is 6.53. The summed E-state index contributed by atoms with van der Waals surface area (Å²) in [5, 5.41) is 0. The van der Waals surface area contributed by atoms with Gasteiger partial charge in [-0.3, -0.25) is 0 Å². The number of halogens is 1. The summed E-state index contributed by atoms with van der Waals surface area (Å²) in [7, 11) is 5.19. The van der Waals surface area contributed by atoms with Crippen LogP contribution < -0.4 is 9.64 Å². The number of allylic oxidation sites excluding steroid dienone is 1.